The molecule has 0 spiro atoms. The minimum Gasteiger partial charge on any atom is -0.378 e. The Bertz CT molecular complexity index is 538. The van der Waals surface area contributed by atoms with E-state index < -0.39 is 0 Å². The lowest BCUT2D eigenvalue weighted by Gasteiger charge is -2.38. The largest absolute Gasteiger partial charge is 0.378 e. The number of ether oxygens (including phenoxy) is 1. The summed E-state index contributed by atoms with van der Waals surface area (Å²) < 4.78 is 5.47. The second-order valence-corrected chi connectivity index (χ2v) is 6.95. The maximum Gasteiger partial charge on any atom is 0.230 e. The predicted octanol–water partition coefficient (Wildman–Crippen LogP) is 2.35. The number of rotatable bonds is 6. The topological polar surface area (TPSA) is 54.4 Å². The van der Waals surface area contributed by atoms with Crippen molar-refractivity contribution < 1.29 is 4.74 Å². The summed E-state index contributed by atoms with van der Waals surface area (Å²) in [5, 5.41) is 0. The summed E-state index contributed by atoms with van der Waals surface area (Å²) in [6, 6.07) is 0.627. The molecule has 2 heterocycles. The highest BCUT2D eigenvalue weighted by Crippen LogP contribution is 2.39. The smallest absolute Gasteiger partial charge is 0.230 e. The molecule has 0 unspecified atom stereocenters. The molecule has 6 heteroatoms. The van der Waals surface area contributed by atoms with Gasteiger partial charge in [-0.05, 0) is 38.5 Å². The van der Waals surface area contributed by atoms with Crippen molar-refractivity contribution in [3.63, 3.8) is 0 Å². The molecule has 0 atom stereocenters. The number of anilines is 2. The standard InChI is InChI=1S/C17H27N5O/c1-2-8-22(14-4-3-5-14)17-19-15(13-6-7-13)18-16(20-17)21-9-11-23-12-10-21/h13-14H,2-12H2,1H3. The molecule has 3 aliphatic rings. The SMILES string of the molecule is CCCN(c1nc(C2CC2)nc(N2CCOCC2)n1)C1CCC1. The van der Waals surface area contributed by atoms with E-state index in [0.29, 0.717) is 12.0 Å². The summed E-state index contributed by atoms with van der Waals surface area (Å²) in [6.45, 7) is 6.57. The fraction of sp³-hybridized carbons (Fsp3) is 0.824. The van der Waals surface area contributed by atoms with Gasteiger partial charge in [-0.25, -0.2) is 0 Å². The predicted molar refractivity (Wildman–Crippen MR) is 90.1 cm³/mol. The van der Waals surface area contributed by atoms with Crippen LogP contribution in [-0.4, -0.2) is 53.8 Å². The van der Waals surface area contributed by atoms with Gasteiger partial charge in [0.2, 0.25) is 11.9 Å². The van der Waals surface area contributed by atoms with Crippen molar-refractivity contribution in [2.45, 2.75) is 57.4 Å². The van der Waals surface area contributed by atoms with Crippen LogP contribution in [0, 0.1) is 0 Å². The summed E-state index contributed by atoms with van der Waals surface area (Å²) in [5.41, 5.74) is 0. The van der Waals surface area contributed by atoms with E-state index in [2.05, 4.69) is 16.7 Å². The van der Waals surface area contributed by atoms with Crippen molar-refractivity contribution >= 4 is 11.9 Å². The van der Waals surface area contributed by atoms with Crippen LogP contribution in [0.15, 0.2) is 0 Å². The Morgan fingerprint density at radius 3 is 2.48 bits per heavy atom. The molecule has 23 heavy (non-hydrogen) atoms. The van der Waals surface area contributed by atoms with E-state index in [9.17, 15) is 0 Å². The van der Waals surface area contributed by atoms with Gasteiger partial charge in [0.15, 0.2) is 0 Å². The van der Waals surface area contributed by atoms with Crippen molar-refractivity contribution in [1.29, 1.82) is 0 Å². The molecule has 0 bridgehead atoms. The molecule has 3 fully saturated rings. The van der Waals surface area contributed by atoms with Gasteiger partial charge in [-0.2, -0.15) is 15.0 Å². The fourth-order valence-electron chi connectivity index (χ4n) is 3.31. The van der Waals surface area contributed by atoms with E-state index in [1.54, 1.807) is 0 Å². The number of hydrogen-bond donors (Lipinski definition) is 0. The average Bonchev–Trinajstić information content (AvgIpc) is 3.38. The minimum absolute atomic E-state index is 0.557. The Morgan fingerprint density at radius 1 is 1.09 bits per heavy atom. The third-order valence-corrected chi connectivity index (χ3v) is 5.10. The zero-order valence-corrected chi connectivity index (χ0v) is 14.1. The van der Waals surface area contributed by atoms with Crippen LogP contribution in [0.2, 0.25) is 0 Å². The third kappa shape index (κ3) is 3.27. The van der Waals surface area contributed by atoms with Gasteiger partial charge >= 0.3 is 0 Å². The van der Waals surface area contributed by atoms with Crippen molar-refractivity contribution in [3.05, 3.63) is 5.82 Å². The summed E-state index contributed by atoms with van der Waals surface area (Å²) in [4.78, 5) is 19.2. The zero-order valence-electron chi connectivity index (χ0n) is 14.1. The molecule has 0 aromatic carbocycles. The van der Waals surface area contributed by atoms with E-state index in [4.69, 9.17) is 19.7 Å². The summed E-state index contributed by atoms with van der Waals surface area (Å²) >= 11 is 0. The number of morpholine rings is 1. The summed E-state index contributed by atoms with van der Waals surface area (Å²) in [7, 11) is 0. The maximum absolute atomic E-state index is 5.47. The molecule has 0 N–H and O–H groups in total. The lowest BCUT2D eigenvalue weighted by Crippen LogP contribution is -2.43. The quantitative estimate of drug-likeness (QED) is 0.803. The van der Waals surface area contributed by atoms with Crippen LogP contribution in [0.3, 0.4) is 0 Å². The second kappa shape index (κ2) is 6.59. The monoisotopic (exact) mass is 317 g/mol. The molecular weight excluding hydrogens is 290 g/mol. The number of nitrogens with zero attached hydrogens (tertiary/aromatic N) is 5. The van der Waals surface area contributed by atoms with E-state index >= 15 is 0 Å². The van der Waals surface area contributed by atoms with E-state index in [-0.39, 0.29) is 0 Å². The molecule has 2 saturated carbocycles. The first-order chi connectivity index (χ1) is 11.3. The van der Waals surface area contributed by atoms with Crippen LogP contribution in [0.4, 0.5) is 11.9 Å². The highest BCUT2D eigenvalue weighted by atomic mass is 16.5. The molecule has 1 aromatic heterocycles. The first-order valence-corrected chi connectivity index (χ1v) is 9.20. The molecule has 1 aromatic rings. The third-order valence-electron chi connectivity index (χ3n) is 5.10. The lowest BCUT2D eigenvalue weighted by atomic mass is 9.91. The van der Waals surface area contributed by atoms with Crippen LogP contribution in [-0.2, 0) is 4.74 Å². The number of aromatic nitrogens is 3. The first-order valence-electron chi connectivity index (χ1n) is 9.20. The first kappa shape index (κ1) is 15.1. The molecular formula is C17H27N5O. The van der Waals surface area contributed by atoms with Gasteiger partial charge in [-0.1, -0.05) is 6.92 Å². The Morgan fingerprint density at radius 2 is 1.87 bits per heavy atom. The fourth-order valence-corrected chi connectivity index (χ4v) is 3.31. The Kier molecular flexibility index (Phi) is 4.33. The Hall–Kier alpha value is -1.43. The van der Waals surface area contributed by atoms with E-state index in [1.807, 2.05) is 0 Å². The highest BCUT2D eigenvalue weighted by molar-refractivity contribution is 5.41. The summed E-state index contributed by atoms with van der Waals surface area (Å²) in [6.07, 6.45) is 7.47. The van der Waals surface area contributed by atoms with Crippen LogP contribution < -0.4 is 9.80 Å². The average molecular weight is 317 g/mol. The van der Waals surface area contributed by atoms with Gasteiger partial charge in [0.25, 0.3) is 0 Å². The zero-order chi connectivity index (χ0) is 15.6. The molecule has 4 rings (SSSR count). The van der Waals surface area contributed by atoms with E-state index in [0.717, 1.165) is 57.0 Å². The van der Waals surface area contributed by atoms with Crippen molar-refractivity contribution in [2.24, 2.45) is 0 Å². The molecule has 0 radical (unpaired) electrons. The minimum atomic E-state index is 0.557. The maximum atomic E-state index is 5.47. The molecule has 0 amide bonds. The number of hydrogen-bond acceptors (Lipinski definition) is 6. The van der Waals surface area contributed by atoms with E-state index in [1.165, 1.54) is 32.1 Å². The van der Waals surface area contributed by atoms with Crippen molar-refractivity contribution in [2.75, 3.05) is 42.6 Å². The van der Waals surface area contributed by atoms with Gasteiger partial charge in [0, 0.05) is 31.6 Å². The molecule has 1 aliphatic heterocycles. The molecule has 1 saturated heterocycles. The summed E-state index contributed by atoms with van der Waals surface area (Å²) in [5.74, 6) is 3.34. The molecule has 2 aliphatic carbocycles. The van der Waals surface area contributed by atoms with Crippen molar-refractivity contribution in [3.8, 4) is 0 Å². The van der Waals surface area contributed by atoms with Crippen LogP contribution in [0.1, 0.15) is 57.2 Å². The second-order valence-electron chi connectivity index (χ2n) is 6.95. The van der Waals surface area contributed by atoms with Crippen LogP contribution >= 0.6 is 0 Å². The highest BCUT2D eigenvalue weighted by Gasteiger charge is 2.32. The Labute approximate surface area is 138 Å². The van der Waals surface area contributed by atoms with Gasteiger partial charge in [0.05, 0.1) is 13.2 Å². The lowest BCUT2D eigenvalue weighted by molar-refractivity contribution is 0.122. The van der Waals surface area contributed by atoms with Crippen LogP contribution in [0.25, 0.3) is 0 Å². The normalized spacial score (nSPS) is 22.0. The van der Waals surface area contributed by atoms with Gasteiger partial charge < -0.3 is 14.5 Å². The molecule has 6 nitrogen and oxygen atoms in total. The van der Waals surface area contributed by atoms with Gasteiger partial charge in [-0.15, -0.1) is 0 Å². The molecule has 126 valence electrons. The van der Waals surface area contributed by atoms with Crippen molar-refractivity contribution in [1.82, 2.24) is 15.0 Å². The van der Waals surface area contributed by atoms with Gasteiger partial charge in [-0.3, -0.25) is 0 Å². The Balaban J connectivity index is 1.64. The van der Waals surface area contributed by atoms with Crippen LogP contribution in [0.5, 0.6) is 0 Å². The van der Waals surface area contributed by atoms with Gasteiger partial charge in [0.1, 0.15) is 5.82 Å².